The molecule has 0 fully saturated rings. The molecule has 1 aromatic carbocycles. The van der Waals surface area contributed by atoms with Crippen molar-refractivity contribution in [1.82, 2.24) is 0 Å². The van der Waals surface area contributed by atoms with E-state index >= 15 is 0 Å². The highest BCUT2D eigenvalue weighted by molar-refractivity contribution is 14.0. The lowest BCUT2D eigenvalue weighted by Crippen LogP contribution is -2.04. The first-order valence-electron chi connectivity index (χ1n) is 4.09. The summed E-state index contributed by atoms with van der Waals surface area (Å²) in [4.78, 5) is 4.30. The molecule has 1 aromatic rings. The molecule has 78 valence electrons. The van der Waals surface area contributed by atoms with Crippen molar-refractivity contribution in [3.05, 3.63) is 29.3 Å². The highest BCUT2D eigenvalue weighted by Crippen LogP contribution is 2.21. The number of nitrogens with zero attached hydrogens (tertiary/aromatic N) is 1. The van der Waals surface area contributed by atoms with Gasteiger partial charge in [-0.2, -0.15) is 0 Å². The summed E-state index contributed by atoms with van der Waals surface area (Å²) in [6.45, 7) is 4.13. The molecule has 0 saturated heterocycles. The van der Waals surface area contributed by atoms with Gasteiger partial charge < -0.3 is 5.73 Å². The summed E-state index contributed by atoms with van der Waals surface area (Å²) in [7, 11) is 0. The summed E-state index contributed by atoms with van der Waals surface area (Å²) < 4.78 is 0. The predicted octanol–water partition coefficient (Wildman–Crippen LogP) is 3.23. The molecular formula is C10H15IN2S. The minimum Gasteiger partial charge on any atom is -0.378 e. The molecule has 2 N–H and O–H groups in total. The van der Waals surface area contributed by atoms with Gasteiger partial charge in [0.1, 0.15) is 0 Å². The highest BCUT2D eigenvalue weighted by atomic mass is 127. The van der Waals surface area contributed by atoms with Crippen molar-refractivity contribution in [2.75, 3.05) is 6.26 Å². The number of hydrogen-bond acceptors (Lipinski definition) is 2. The van der Waals surface area contributed by atoms with E-state index in [0.717, 1.165) is 5.69 Å². The second kappa shape index (κ2) is 6.29. The highest BCUT2D eigenvalue weighted by Gasteiger charge is 1.98. The summed E-state index contributed by atoms with van der Waals surface area (Å²) in [6.07, 6.45) is 1.92. The SMILES string of the molecule is CSC(N)=Nc1cccc(C)c1C.I. The minimum atomic E-state index is 0. The fourth-order valence-corrected chi connectivity index (χ4v) is 1.21. The fourth-order valence-electron chi connectivity index (χ4n) is 1.02. The van der Waals surface area contributed by atoms with Crippen LogP contribution < -0.4 is 5.73 Å². The number of nitrogens with two attached hydrogens (primary N) is 1. The molecule has 0 radical (unpaired) electrons. The molecule has 14 heavy (non-hydrogen) atoms. The Morgan fingerprint density at radius 1 is 1.36 bits per heavy atom. The van der Waals surface area contributed by atoms with Crippen molar-refractivity contribution >= 4 is 46.6 Å². The molecule has 0 amide bonds. The lowest BCUT2D eigenvalue weighted by atomic mass is 10.1. The van der Waals surface area contributed by atoms with Crippen molar-refractivity contribution < 1.29 is 0 Å². The van der Waals surface area contributed by atoms with Gasteiger partial charge in [-0.15, -0.1) is 24.0 Å². The van der Waals surface area contributed by atoms with Gasteiger partial charge in [0.2, 0.25) is 0 Å². The van der Waals surface area contributed by atoms with E-state index in [0.29, 0.717) is 5.17 Å². The van der Waals surface area contributed by atoms with E-state index in [2.05, 4.69) is 24.9 Å². The predicted molar refractivity (Wildman–Crippen MR) is 76.1 cm³/mol. The molecule has 0 heterocycles. The van der Waals surface area contributed by atoms with Gasteiger partial charge in [0.15, 0.2) is 5.17 Å². The van der Waals surface area contributed by atoms with Crippen molar-refractivity contribution in [3.63, 3.8) is 0 Å². The fraction of sp³-hybridized carbons (Fsp3) is 0.300. The number of aliphatic imine (C=N–C) groups is 1. The molecule has 0 aromatic heterocycles. The Morgan fingerprint density at radius 3 is 2.57 bits per heavy atom. The molecule has 0 unspecified atom stereocenters. The summed E-state index contributed by atoms with van der Waals surface area (Å²) >= 11 is 1.46. The second-order valence-electron chi connectivity index (χ2n) is 2.87. The third-order valence-electron chi connectivity index (χ3n) is 2.02. The molecule has 0 saturated carbocycles. The van der Waals surface area contributed by atoms with Crippen molar-refractivity contribution in [2.24, 2.45) is 10.7 Å². The van der Waals surface area contributed by atoms with Crippen LogP contribution in [-0.2, 0) is 0 Å². The Kier molecular flexibility index (Phi) is 6.19. The van der Waals surface area contributed by atoms with Gasteiger partial charge in [0, 0.05) is 0 Å². The van der Waals surface area contributed by atoms with Crippen LogP contribution in [0.4, 0.5) is 5.69 Å². The molecular weight excluding hydrogens is 307 g/mol. The van der Waals surface area contributed by atoms with E-state index in [4.69, 9.17) is 5.73 Å². The first kappa shape index (κ1) is 13.8. The van der Waals surface area contributed by atoms with Crippen molar-refractivity contribution in [3.8, 4) is 0 Å². The number of aryl methyl sites for hydroxylation is 1. The Balaban J connectivity index is 0.00000169. The maximum absolute atomic E-state index is 5.64. The number of rotatable bonds is 1. The quantitative estimate of drug-likeness (QED) is 0.490. The van der Waals surface area contributed by atoms with Crippen LogP contribution in [0.3, 0.4) is 0 Å². The second-order valence-corrected chi connectivity index (χ2v) is 3.70. The first-order valence-corrected chi connectivity index (χ1v) is 5.32. The maximum atomic E-state index is 5.64. The van der Waals surface area contributed by atoms with E-state index in [1.54, 1.807) is 0 Å². The summed E-state index contributed by atoms with van der Waals surface area (Å²) in [5.74, 6) is 0. The molecule has 0 spiro atoms. The standard InChI is InChI=1S/C10H14N2S.HI/c1-7-5-4-6-9(8(7)2)12-10(11)13-3;/h4-6H,1-3H3,(H2,11,12);1H. The Hall–Kier alpha value is -0.230. The minimum absolute atomic E-state index is 0. The molecule has 0 atom stereocenters. The normalized spacial score (nSPS) is 10.9. The monoisotopic (exact) mass is 322 g/mol. The molecule has 1 rings (SSSR count). The van der Waals surface area contributed by atoms with Crippen molar-refractivity contribution in [1.29, 1.82) is 0 Å². The van der Waals surface area contributed by atoms with E-state index in [1.165, 1.54) is 22.9 Å². The van der Waals surface area contributed by atoms with Crippen LogP contribution in [0.25, 0.3) is 0 Å². The van der Waals surface area contributed by atoms with Gasteiger partial charge in [-0.05, 0) is 37.3 Å². The average Bonchev–Trinajstić information content (AvgIpc) is 2.13. The van der Waals surface area contributed by atoms with Gasteiger partial charge in [0.25, 0.3) is 0 Å². The number of thioether (sulfide) groups is 1. The van der Waals surface area contributed by atoms with E-state index in [9.17, 15) is 0 Å². The lowest BCUT2D eigenvalue weighted by Gasteiger charge is -2.03. The lowest BCUT2D eigenvalue weighted by molar-refractivity contribution is 1.31. The van der Waals surface area contributed by atoms with Gasteiger partial charge in [0.05, 0.1) is 5.69 Å². The molecule has 0 bridgehead atoms. The number of benzene rings is 1. The van der Waals surface area contributed by atoms with E-state index in [-0.39, 0.29) is 24.0 Å². The van der Waals surface area contributed by atoms with Crippen LogP contribution >= 0.6 is 35.7 Å². The zero-order valence-electron chi connectivity index (χ0n) is 8.57. The van der Waals surface area contributed by atoms with Gasteiger partial charge >= 0.3 is 0 Å². The number of hydrogen-bond donors (Lipinski definition) is 1. The molecule has 2 nitrogen and oxygen atoms in total. The number of amidine groups is 1. The Morgan fingerprint density at radius 2 is 2.00 bits per heavy atom. The maximum Gasteiger partial charge on any atom is 0.158 e. The van der Waals surface area contributed by atoms with E-state index < -0.39 is 0 Å². The van der Waals surface area contributed by atoms with Crippen LogP contribution in [0.5, 0.6) is 0 Å². The third-order valence-corrected chi connectivity index (χ3v) is 2.53. The van der Waals surface area contributed by atoms with E-state index in [1.807, 2.05) is 18.4 Å². The number of halogens is 1. The van der Waals surface area contributed by atoms with Crippen LogP contribution in [0.1, 0.15) is 11.1 Å². The van der Waals surface area contributed by atoms with Crippen LogP contribution in [-0.4, -0.2) is 11.4 Å². The van der Waals surface area contributed by atoms with Gasteiger partial charge in [-0.3, -0.25) is 0 Å². The summed E-state index contributed by atoms with van der Waals surface area (Å²) in [5, 5.41) is 0.605. The molecule has 4 heteroatoms. The summed E-state index contributed by atoms with van der Waals surface area (Å²) in [6, 6.07) is 6.05. The zero-order chi connectivity index (χ0) is 9.84. The summed E-state index contributed by atoms with van der Waals surface area (Å²) in [5.41, 5.74) is 9.04. The van der Waals surface area contributed by atoms with Gasteiger partial charge in [-0.25, -0.2) is 4.99 Å². The average molecular weight is 322 g/mol. The van der Waals surface area contributed by atoms with Crippen molar-refractivity contribution in [2.45, 2.75) is 13.8 Å². The topological polar surface area (TPSA) is 38.4 Å². The Bertz CT molecular complexity index is 337. The van der Waals surface area contributed by atoms with Gasteiger partial charge in [-0.1, -0.05) is 23.9 Å². The van der Waals surface area contributed by atoms with Crippen LogP contribution in [0, 0.1) is 13.8 Å². The largest absolute Gasteiger partial charge is 0.378 e. The molecule has 0 aliphatic rings. The molecule has 0 aliphatic heterocycles. The first-order chi connectivity index (χ1) is 6.15. The third kappa shape index (κ3) is 3.49. The molecule has 0 aliphatic carbocycles. The van der Waals surface area contributed by atoms with Crippen LogP contribution in [0.15, 0.2) is 23.2 Å². The Labute approximate surface area is 106 Å². The van der Waals surface area contributed by atoms with Crippen LogP contribution in [0.2, 0.25) is 0 Å². The zero-order valence-corrected chi connectivity index (χ0v) is 11.7. The smallest absolute Gasteiger partial charge is 0.158 e.